The average Bonchev–Trinajstić information content (AvgIpc) is 2.79. The molecule has 0 aliphatic carbocycles. The van der Waals surface area contributed by atoms with Gasteiger partial charge in [-0.2, -0.15) is 0 Å². The van der Waals surface area contributed by atoms with Crippen molar-refractivity contribution in [2.45, 2.75) is 33.2 Å². The minimum Gasteiger partial charge on any atom is -0.309 e. The minimum absolute atomic E-state index is 0.213. The number of hydrogen-bond acceptors (Lipinski definition) is 3. The number of rotatable bonds is 5. The standard InChI is InChI=1S/C15H19FN2S/c1-4-9-17-10(2)14-11(3)18-15(19-14)12-5-7-13(16)8-6-12/h5-8,10,17H,4,9H2,1-3H3. The molecule has 0 amide bonds. The highest BCUT2D eigenvalue weighted by atomic mass is 32.1. The molecule has 2 rings (SSSR count). The lowest BCUT2D eigenvalue weighted by atomic mass is 10.2. The number of hydrogen-bond donors (Lipinski definition) is 1. The SMILES string of the molecule is CCCNC(C)c1sc(-c2ccc(F)cc2)nc1C. The normalized spacial score (nSPS) is 12.6. The Labute approximate surface area is 117 Å². The van der Waals surface area contributed by atoms with Crippen molar-refractivity contribution < 1.29 is 4.39 Å². The fourth-order valence-corrected chi connectivity index (χ4v) is 3.08. The second-order valence-electron chi connectivity index (χ2n) is 4.65. The quantitative estimate of drug-likeness (QED) is 0.881. The zero-order chi connectivity index (χ0) is 13.8. The van der Waals surface area contributed by atoms with E-state index in [9.17, 15) is 4.39 Å². The largest absolute Gasteiger partial charge is 0.309 e. The highest BCUT2D eigenvalue weighted by Crippen LogP contribution is 2.31. The summed E-state index contributed by atoms with van der Waals surface area (Å²) in [5.74, 6) is -0.213. The summed E-state index contributed by atoms with van der Waals surface area (Å²) in [6.07, 6.45) is 1.12. The predicted molar refractivity (Wildman–Crippen MR) is 79.0 cm³/mol. The monoisotopic (exact) mass is 278 g/mol. The van der Waals surface area contributed by atoms with Gasteiger partial charge in [-0.25, -0.2) is 9.37 Å². The van der Waals surface area contributed by atoms with E-state index in [0.29, 0.717) is 6.04 Å². The first-order valence-corrected chi connectivity index (χ1v) is 7.40. The maximum absolute atomic E-state index is 12.9. The molecule has 4 heteroatoms. The Bertz CT molecular complexity index is 534. The maximum Gasteiger partial charge on any atom is 0.123 e. The van der Waals surface area contributed by atoms with Gasteiger partial charge in [0.25, 0.3) is 0 Å². The van der Waals surface area contributed by atoms with Crippen LogP contribution in [0.1, 0.15) is 36.9 Å². The van der Waals surface area contributed by atoms with Gasteiger partial charge in [-0.05, 0) is 51.1 Å². The molecule has 1 heterocycles. The highest BCUT2D eigenvalue weighted by Gasteiger charge is 2.14. The molecule has 0 aliphatic heterocycles. The van der Waals surface area contributed by atoms with Gasteiger partial charge in [0.05, 0.1) is 5.69 Å². The molecule has 0 radical (unpaired) electrons. The van der Waals surface area contributed by atoms with E-state index >= 15 is 0 Å². The first kappa shape index (κ1) is 14.2. The molecule has 1 aromatic heterocycles. The average molecular weight is 278 g/mol. The Morgan fingerprint density at radius 1 is 1.32 bits per heavy atom. The van der Waals surface area contributed by atoms with E-state index in [-0.39, 0.29) is 5.82 Å². The van der Waals surface area contributed by atoms with Crippen LogP contribution in [0.4, 0.5) is 4.39 Å². The molecular weight excluding hydrogens is 259 g/mol. The van der Waals surface area contributed by atoms with Crippen LogP contribution in [0.25, 0.3) is 10.6 Å². The van der Waals surface area contributed by atoms with Gasteiger partial charge >= 0.3 is 0 Å². The molecule has 0 aliphatic rings. The van der Waals surface area contributed by atoms with E-state index in [4.69, 9.17) is 0 Å². The molecule has 0 saturated carbocycles. The topological polar surface area (TPSA) is 24.9 Å². The van der Waals surface area contributed by atoms with Crippen molar-refractivity contribution in [3.05, 3.63) is 40.7 Å². The van der Waals surface area contributed by atoms with Gasteiger partial charge in [0.15, 0.2) is 0 Å². The summed E-state index contributed by atoms with van der Waals surface area (Å²) in [5.41, 5.74) is 2.03. The summed E-state index contributed by atoms with van der Waals surface area (Å²) in [6.45, 7) is 7.35. The summed E-state index contributed by atoms with van der Waals surface area (Å²) in [6, 6.07) is 6.82. The van der Waals surface area contributed by atoms with Gasteiger partial charge in [0, 0.05) is 16.5 Å². The highest BCUT2D eigenvalue weighted by molar-refractivity contribution is 7.15. The Hall–Kier alpha value is -1.26. The Balaban J connectivity index is 2.23. The minimum atomic E-state index is -0.213. The zero-order valence-corrected chi connectivity index (χ0v) is 12.4. The van der Waals surface area contributed by atoms with Crippen molar-refractivity contribution in [3.8, 4) is 10.6 Å². The molecule has 1 N–H and O–H groups in total. The van der Waals surface area contributed by atoms with E-state index < -0.39 is 0 Å². The molecule has 102 valence electrons. The number of aromatic nitrogens is 1. The summed E-state index contributed by atoms with van der Waals surface area (Å²) in [4.78, 5) is 5.85. The van der Waals surface area contributed by atoms with Crippen molar-refractivity contribution in [2.75, 3.05) is 6.54 Å². The van der Waals surface area contributed by atoms with Crippen LogP contribution in [0.3, 0.4) is 0 Å². The Morgan fingerprint density at radius 2 is 2.00 bits per heavy atom. The van der Waals surface area contributed by atoms with Crippen LogP contribution in [-0.4, -0.2) is 11.5 Å². The van der Waals surface area contributed by atoms with E-state index in [1.54, 1.807) is 23.5 Å². The molecule has 2 nitrogen and oxygen atoms in total. The number of halogens is 1. The van der Waals surface area contributed by atoms with Gasteiger partial charge in [-0.1, -0.05) is 6.92 Å². The van der Waals surface area contributed by atoms with Crippen molar-refractivity contribution in [1.82, 2.24) is 10.3 Å². The number of nitrogens with one attached hydrogen (secondary N) is 1. The lowest BCUT2D eigenvalue weighted by Crippen LogP contribution is -2.18. The van der Waals surface area contributed by atoms with E-state index in [2.05, 4.69) is 24.1 Å². The lowest BCUT2D eigenvalue weighted by molar-refractivity contribution is 0.575. The fraction of sp³-hybridized carbons (Fsp3) is 0.400. The number of thiazole rings is 1. The van der Waals surface area contributed by atoms with Gasteiger partial charge in [-0.15, -0.1) is 11.3 Å². The molecule has 1 aromatic carbocycles. The first-order chi connectivity index (χ1) is 9.11. The van der Waals surface area contributed by atoms with E-state index in [1.807, 2.05) is 6.92 Å². The molecule has 1 atom stereocenters. The van der Waals surface area contributed by atoms with E-state index in [0.717, 1.165) is 29.2 Å². The molecule has 2 aromatic rings. The van der Waals surface area contributed by atoms with Crippen LogP contribution in [0.5, 0.6) is 0 Å². The van der Waals surface area contributed by atoms with Crippen LogP contribution in [0, 0.1) is 12.7 Å². The predicted octanol–water partition coefficient (Wildman–Crippen LogP) is 4.32. The molecule has 0 saturated heterocycles. The van der Waals surface area contributed by atoms with Crippen molar-refractivity contribution in [3.63, 3.8) is 0 Å². The van der Waals surface area contributed by atoms with Crippen LogP contribution in [0.2, 0.25) is 0 Å². The third kappa shape index (κ3) is 3.39. The van der Waals surface area contributed by atoms with Crippen molar-refractivity contribution in [2.24, 2.45) is 0 Å². The molecule has 19 heavy (non-hydrogen) atoms. The Kier molecular flexibility index (Phi) is 4.66. The van der Waals surface area contributed by atoms with Crippen LogP contribution in [-0.2, 0) is 0 Å². The van der Waals surface area contributed by atoms with Gasteiger partial charge in [-0.3, -0.25) is 0 Å². The summed E-state index contributed by atoms with van der Waals surface area (Å²) >= 11 is 1.68. The van der Waals surface area contributed by atoms with Crippen LogP contribution >= 0.6 is 11.3 Å². The molecule has 1 unspecified atom stereocenters. The fourth-order valence-electron chi connectivity index (χ4n) is 1.98. The lowest BCUT2D eigenvalue weighted by Gasteiger charge is -2.11. The van der Waals surface area contributed by atoms with Gasteiger partial charge < -0.3 is 5.32 Å². The molecule has 0 spiro atoms. The number of benzene rings is 1. The second kappa shape index (κ2) is 6.26. The van der Waals surface area contributed by atoms with E-state index in [1.165, 1.54) is 17.0 Å². The molecule has 0 bridgehead atoms. The number of nitrogens with zero attached hydrogens (tertiary/aromatic N) is 1. The first-order valence-electron chi connectivity index (χ1n) is 6.58. The maximum atomic E-state index is 12.9. The third-order valence-corrected chi connectivity index (χ3v) is 4.41. The summed E-state index contributed by atoms with van der Waals surface area (Å²) in [5, 5.41) is 4.43. The van der Waals surface area contributed by atoms with Crippen molar-refractivity contribution >= 4 is 11.3 Å². The zero-order valence-electron chi connectivity index (χ0n) is 11.5. The van der Waals surface area contributed by atoms with Crippen molar-refractivity contribution in [1.29, 1.82) is 0 Å². The van der Waals surface area contributed by atoms with Gasteiger partial charge in [0.1, 0.15) is 10.8 Å². The Morgan fingerprint density at radius 3 is 2.63 bits per heavy atom. The summed E-state index contributed by atoms with van der Waals surface area (Å²) < 4.78 is 12.9. The summed E-state index contributed by atoms with van der Waals surface area (Å²) in [7, 11) is 0. The van der Waals surface area contributed by atoms with Gasteiger partial charge in [0.2, 0.25) is 0 Å². The molecule has 0 fully saturated rings. The van der Waals surface area contributed by atoms with Crippen LogP contribution in [0.15, 0.2) is 24.3 Å². The smallest absolute Gasteiger partial charge is 0.123 e. The number of aryl methyl sites for hydroxylation is 1. The second-order valence-corrected chi connectivity index (χ2v) is 5.68. The molecular formula is C15H19FN2S. The third-order valence-electron chi connectivity index (χ3n) is 3.02. The van der Waals surface area contributed by atoms with Crippen LogP contribution < -0.4 is 5.32 Å².